The third-order valence-electron chi connectivity index (χ3n) is 3.62. The zero-order chi connectivity index (χ0) is 14.5. The van der Waals surface area contributed by atoms with Crippen molar-refractivity contribution in [1.82, 2.24) is 9.88 Å². The average Bonchev–Trinajstić information content (AvgIpc) is 2.45. The third-order valence-corrected chi connectivity index (χ3v) is 3.83. The molecule has 0 aliphatic carbocycles. The number of nitrogens with one attached hydrogen (secondary N) is 1. The molecule has 1 fully saturated rings. The first kappa shape index (κ1) is 15.0. The summed E-state index contributed by atoms with van der Waals surface area (Å²) in [4.78, 5) is 16.9. The minimum absolute atomic E-state index is 0.0414. The number of hydrogen-bond acceptors (Lipinski definition) is 5. The fourth-order valence-corrected chi connectivity index (χ4v) is 2.59. The molecule has 1 saturated heterocycles. The van der Waals surface area contributed by atoms with Crippen LogP contribution in [0.15, 0.2) is 12.1 Å². The standard InChI is InChI=1S/C13H19ClN4O2/c1-10(17-7-3-2-4-8-17)9-15-13-11(18(19)20)5-6-12(14)16-13/h5-6,10H,2-4,7-9H2,1H3,(H,15,16). The molecule has 0 amide bonds. The van der Waals surface area contributed by atoms with E-state index in [4.69, 9.17) is 11.6 Å². The number of hydrogen-bond donors (Lipinski definition) is 1. The first-order valence-electron chi connectivity index (χ1n) is 6.87. The van der Waals surface area contributed by atoms with Crippen molar-refractivity contribution in [2.45, 2.75) is 32.2 Å². The van der Waals surface area contributed by atoms with Gasteiger partial charge >= 0.3 is 5.69 Å². The molecule has 0 radical (unpaired) electrons. The summed E-state index contributed by atoms with van der Waals surface area (Å²) < 4.78 is 0. The molecule has 1 N–H and O–H groups in total. The van der Waals surface area contributed by atoms with Crippen LogP contribution in [0.1, 0.15) is 26.2 Å². The molecule has 0 aromatic carbocycles. The Labute approximate surface area is 123 Å². The van der Waals surface area contributed by atoms with Crippen molar-refractivity contribution in [3.05, 3.63) is 27.4 Å². The lowest BCUT2D eigenvalue weighted by Gasteiger charge is -2.32. The van der Waals surface area contributed by atoms with Crippen LogP contribution >= 0.6 is 11.6 Å². The highest BCUT2D eigenvalue weighted by Crippen LogP contribution is 2.24. The lowest BCUT2D eigenvalue weighted by atomic mass is 10.1. The summed E-state index contributed by atoms with van der Waals surface area (Å²) in [5.74, 6) is 0.242. The molecule has 6 nitrogen and oxygen atoms in total. The Hall–Kier alpha value is -1.40. The highest BCUT2D eigenvalue weighted by atomic mass is 35.5. The number of halogens is 1. The van der Waals surface area contributed by atoms with Crippen LogP contribution < -0.4 is 5.32 Å². The van der Waals surface area contributed by atoms with Gasteiger partial charge in [0, 0.05) is 18.7 Å². The fourth-order valence-electron chi connectivity index (χ4n) is 2.44. The summed E-state index contributed by atoms with van der Waals surface area (Å²) in [5, 5.41) is 14.3. The lowest BCUT2D eigenvalue weighted by Crippen LogP contribution is -2.41. The molecule has 7 heteroatoms. The van der Waals surface area contributed by atoms with E-state index in [1.165, 1.54) is 31.4 Å². The van der Waals surface area contributed by atoms with E-state index in [1.54, 1.807) is 0 Å². The molecule has 0 saturated carbocycles. The summed E-state index contributed by atoms with van der Waals surface area (Å²) >= 11 is 5.80. The zero-order valence-electron chi connectivity index (χ0n) is 11.5. The molecule has 1 aliphatic rings. The van der Waals surface area contributed by atoms with E-state index in [1.807, 2.05) is 0 Å². The predicted molar refractivity (Wildman–Crippen MR) is 79.3 cm³/mol. The number of aromatic nitrogens is 1. The normalized spacial score (nSPS) is 17.7. The van der Waals surface area contributed by atoms with Crippen LogP contribution in [0.2, 0.25) is 5.15 Å². The molecule has 0 bridgehead atoms. The van der Waals surface area contributed by atoms with Crippen molar-refractivity contribution < 1.29 is 4.92 Å². The number of nitrogens with zero attached hydrogens (tertiary/aromatic N) is 3. The van der Waals surface area contributed by atoms with E-state index in [-0.39, 0.29) is 16.7 Å². The second-order valence-electron chi connectivity index (χ2n) is 5.09. The summed E-state index contributed by atoms with van der Waals surface area (Å²) in [5.41, 5.74) is -0.0414. The minimum atomic E-state index is -0.447. The largest absolute Gasteiger partial charge is 0.363 e. The van der Waals surface area contributed by atoms with Gasteiger partial charge in [-0.1, -0.05) is 18.0 Å². The maximum atomic E-state index is 11.0. The van der Waals surface area contributed by atoms with E-state index in [0.717, 1.165) is 13.1 Å². The summed E-state index contributed by atoms with van der Waals surface area (Å²) in [6.07, 6.45) is 3.73. The predicted octanol–water partition coefficient (Wildman–Crippen LogP) is 2.93. The van der Waals surface area contributed by atoms with Crippen molar-refractivity contribution in [2.75, 3.05) is 25.0 Å². The molecule has 0 spiro atoms. The van der Waals surface area contributed by atoms with Crippen molar-refractivity contribution in [1.29, 1.82) is 0 Å². The third kappa shape index (κ3) is 3.80. The van der Waals surface area contributed by atoms with Gasteiger partial charge in [-0.15, -0.1) is 0 Å². The lowest BCUT2D eigenvalue weighted by molar-refractivity contribution is -0.384. The Balaban J connectivity index is 1.99. The van der Waals surface area contributed by atoms with Crippen molar-refractivity contribution in [3.8, 4) is 0 Å². The quantitative estimate of drug-likeness (QED) is 0.514. The average molecular weight is 299 g/mol. The summed E-state index contributed by atoms with van der Waals surface area (Å²) in [6.45, 7) is 4.92. The molecular formula is C13H19ClN4O2. The van der Waals surface area contributed by atoms with Gasteiger partial charge < -0.3 is 5.32 Å². The Bertz CT molecular complexity index is 477. The molecule has 1 aromatic heterocycles. The minimum Gasteiger partial charge on any atom is -0.363 e. The summed E-state index contributed by atoms with van der Waals surface area (Å²) in [7, 11) is 0. The smallest absolute Gasteiger partial charge is 0.311 e. The molecule has 2 rings (SSSR count). The monoisotopic (exact) mass is 298 g/mol. The molecule has 110 valence electrons. The molecule has 20 heavy (non-hydrogen) atoms. The van der Waals surface area contributed by atoms with Gasteiger partial charge in [0.15, 0.2) is 0 Å². The number of pyridine rings is 1. The Morgan fingerprint density at radius 3 is 2.80 bits per heavy atom. The number of piperidine rings is 1. The topological polar surface area (TPSA) is 71.3 Å². The van der Waals surface area contributed by atoms with Crippen molar-refractivity contribution in [3.63, 3.8) is 0 Å². The second kappa shape index (κ2) is 6.85. The molecule has 1 unspecified atom stereocenters. The van der Waals surface area contributed by atoms with Gasteiger partial charge in [-0.2, -0.15) is 0 Å². The van der Waals surface area contributed by atoms with Gasteiger partial charge in [-0.05, 0) is 38.9 Å². The molecule has 1 aliphatic heterocycles. The zero-order valence-corrected chi connectivity index (χ0v) is 12.3. The Morgan fingerprint density at radius 1 is 1.45 bits per heavy atom. The maximum Gasteiger partial charge on any atom is 0.311 e. The van der Waals surface area contributed by atoms with Crippen LogP contribution in [0, 0.1) is 10.1 Å². The highest BCUT2D eigenvalue weighted by molar-refractivity contribution is 6.29. The van der Waals surface area contributed by atoms with Crippen molar-refractivity contribution in [2.24, 2.45) is 0 Å². The first-order valence-corrected chi connectivity index (χ1v) is 7.24. The van der Waals surface area contributed by atoms with Crippen LogP contribution in [0.5, 0.6) is 0 Å². The summed E-state index contributed by atoms with van der Waals surface area (Å²) in [6, 6.07) is 3.12. The first-order chi connectivity index (χ1) is 9.58. The van der Waals surface area contributed by atoms with Gasteiger partial charge in [-0.25, -0.2) is 4.98 Å². The number of anilines is 1. The fraction of sp³-hybridized carbons (Fsp3) is 0.615. The van der Waals surface area contributed by atoms with Gasteiger partial charge in [0.05, 0.1) is 4.92 Å². The van der Waals surface area contributed by atoms with Crippen LogP contribution in [0.4, 0.5) is 11.5 Å². The number of likely N-dealkylation sites (tertiary alicyclic amines) is 1. The van der Waals surface area contributed by atoms with Gasteiger partial charge in [0.2, 0.25) is 5.82 Å². The van der Waals surface area contributed by atoms with E-state index in [9.17, 15) is 10.1 Å². The Morgan fingerprint density at radius 2 is 2.15 bits per heavy atom. The maximum absolute atomic E-state index is 11.0. The van der Waals surface area contributed by atoms with Gasteiger partial charge in [0.25, 0.3) is 0 Å². The van der Waals surface area contributed by atoms with Crippen LogP contribution in [0.25, 0.3) is 0 Å². The molecular weight excluding hydrogens is 280 g/mol. The molecule has 2 heterocycles. The van der Waals surface area contributed by atoms with E-state index < -0.39 is 4.92 Å². The SMILES string of the molecule is CC(CNc1nc(Cl)ccc1[N+](=O)[O-])N1CCCCC1. The van der Waals surface area contributed by atoms with Gasteiger partial charge in [-0.3, -0.25) is 15.0 Å². The highest BCUT2D eigenvalue weighted by Gasteiger charge is 2.19. The van der Waals surface area contributed by atoms with Crippen LogP contribution in [-0.2, 0) is 0 Å². The number of nitro groups is 1. The molecule has 1 atom stereocenters. The Kier molecular flexibility index (Phi) is 5.14. The van der Waals surface area contributed by atoms with E-state index in [0.29, 0.717) is 12.6 Å². The van der Waals surface area contributed by atoms with Gasteiger partial charge in [0.1, 0.15) is 5.15 Å². The van der Waals surface area contributed by atoms with Crippen LogP contribution in [-0.4, -0.2) is 40.5 Å². The van der Waals surface area contributed by atoms with E-state index >= 15 is 0 Å². The second-order valence-corrected chi connectivity index (χ2v) is 5.47. The molecule has 1 aromatic rings. The van der Waals surface area contributed by atoms with E-state index in [2.05, 4.69) is 22.1 Å². The van der Waals surface area contributed by atoms with Crippen LogP contribution in [0.3, 0.4) is 0 Å². The number of rotatable bonds is 5. The van der Waals surface area contributed by atoms with Crippen molar-refractivity contribution >= 4 is 23.1 Å².